The number of benzene rings is 2. The summed E-state index contributed by atoms with van der Waals surface area (Å²) in [5, 5.41) is 14.2. The van der Waals surface area contributed by atoms with Crippen LogP contribution in [-0.2, 0) is 13.1 Å². The Labute approximate surface area is 138 Å². The highest BCUT2D eigenvalue weighted by Gasteiger charge is 2.13. The second kappa shape index (κ2) is 7.38. The van der Waals surface area contributed by atoms with Crippen LogP contribution in [0.5, 0.6) is 0 Å². The molecule has 0 aliphatic rings. The molecule has 6 heteroatoms. The van der Waals surface area contributed by atoms with Gasteiger partial charge in [-0.1, -0.05) is 40.2 Å². The molecule has 2 aromatic carbocycles. The standard InChI is InChI=1S/C16H18BrN3O2/c1-19(2)11-13-5-3-12(4-6-13)10-18-15-8-7-14(17)9-16(15)20(21)22/h3-9,18H,10-11H2,1-2H3/p+1. The monoisotopic (exact) mass is 364 g/mol. The first-order chi connectivity index (χ1) is 10.5. The Morgan fingerprint density at radius 3 is 2.36 bits per heavy atom. The normalized spacial score (nSPS) is 10.7. The highest BCUT2D eigenvalue weighted by atomic mass is 79.9. The van der Waals surface area contributed by atoms with Gasteiger partial charge in [0.15, 0.2) is 0 Å². The van der Waals surface area contributed by atoms with E-state index in [1.807, 2.05) is 0 Å². The molecule has 0 unspecified atom stereocenters. The summed E-state index contributed by atoms with van der Waals surface area (Å²) in [5.41, 5.74) is 2.96. The first-order valence-corrected chi connectivity index (χ1v) is 7.79. The molecule has 0 aliphatic carbocycles. The number of hydrogen-bond acceptors (Lipinski definition) is 3. The summed E-state index contributed by atoms with van der Waals surface area (Å²) in [6, 6.07) is 13.3. The van der Waals surface area contributed by atoms with Crippen LogP contribution in [0.25, 0.3) is 0 Å². The molecule has 0 amide bonds. The van der Waals surface area contributed by atoms with Crippen molar-refractivity contribution >= 4 is 27.3 Å². The summed E-state index contributed by atoms with van der Waals surface area (Å²) in [7, 11) is 4.23. The van der Waals surface area contributed by atoms with Gasteiger partial charge < -0.3 is 10.2 Å². The first-order valence-electron chi connectivity index (χ1n) is 7.00. The summed E-state index contributed by atoms with van der Waals surface area (Å²) >= 11 is 3.25. The molecular weight excluding hydrogens is 346 g/mol. The van der Waals surface area contributed by atoms with Crippen molar-refractivity contribution in [2.45, 2.75) is 13.1 Å². The van der Waals surface area contributed by atoms with Gasteiger partial charge in [0.05, 0.1) is 19.0 Å². The van der Waals surface area contributed by atoms with Gasteiger partial charge in [-0.05, 0) is 17.7 Å². The quantitative estimate of drug-likeness (QED) is 0.611. The molecule has 2 rings (SSSR count). The van der Waals surface area contributed by atoms with E-state index in [-0.39, 0.29) is 10.6 Å². The lowest BCUT2D eigenvalue weighted by Crippen LogP contribution is -3.04. The fourth-order valence-electron chi connectivity index (χ4n) is 2.19. The van der Waals surface area contributed by atoms with Crippen LogP contribution in [0.3, 0.4) is 0 Å². The Kier molecular flexibility index (Phi) is 5.51. The van der Waals surface area contributed by atoms with Gasteiger partial charge in [0.25, 0.3) is 5.69 Å². The minimum atomic E-state index is -0.379. The predicted octanol–water partition coefficient (Wildman–Crippen LogP) is 2.61. The molecule has 0 saturated carbocycles. The van der Waals surface area contributed by atoms with Crippen LogP contribution >= 0.6 is 15.9 Å². The molecule has 0 aromatic heterocycles. The Morgan fingerprint density at radius 1 is 1.14 bits per heavy atom. The SMILES string of the molecule is C[NH+](C)Cc1ccc(CNc2ccc(Br)cc2[N+](=O)[O-])cc1. The highest BCUT2D eigenvalue weighted by Crippen LogP contribution is 2.28. The summed E-state index contributed by atoms with van der Waals surface area (Å²) in [6.45, 7) is 1.53. The number of nitro benzene ring substituents is 1. The van der Waals surface area contributed by atoms with E-state index < -0.39 is 0 Å². The van der Waals surface area contributed by atoms with Gasteiger partial charge >= 0.3 is 0 Å². The average molecular weight is 365 g/mol. The zero-order valence-corrected chi connectivity index (χ0v) is 14.2. The maximum absolute atomic E-state index is 11.1. The number of quaternary nitrogens is 1. The Morgan fingerprint density at radius 2 is 1.77 bits per heavy atom. The van der Waals surface area contributed by atoms with Gasteiger partial charge in [-0.3, -0.25) is 10.1 Å². The van der Waals surface area contributed by atoms with E-state index >= 15 is 0 Å². The average Bonchev–Trinajstić information content (AvgIpc) is 2.46. The van der Waals surface area contributed by atoms with Gasteiger partial charge in [0, 0.05) is 22.6 Å². The van der Waals surface area contributed by atoms with Crippen molar-refractivity contribution in [2.24, 2.45) is 0 Å². The van der Waals surface area contributed by atoms with Crippen LogP contribution < -0.4 is 10.2 Å². The second-order valence-electron chi connectivity index (χ2n) is 5.47. The molecule has 0 atom stereocenters. The molecule has 0 spiro atoms. The molecule has 2 N–H and O–H groups in total. The van der Waals surface area contributed by atoms with Crippen molar-refractivity contribution < 1.29 is 9.82 Å². The van der Waals surface area contributed by atoms with Crippen LogP contribution in [0.4, 0.5) is 11.4 Å². The summed E-state index contributed by atoms with van der Waals surface area (Å²) in [5.74, 6) is 0. The number of anilines is 1. The number of halogens is 1. The third-order valence-corrected chi connectivity index (χ3v) is 3.71. The smallest absolute Gasteiger partial charge is 0.293 e. The molecule has 0 bridgehead atoms. The lowest BCUT2D eigenvalue weighted by Gasteiger charge is -2.10. The largest absolute Gasteiger partial charge is 0.375 e. The predicted molar refractivity (Wildman–Crippen MR) is 91.1 cm³/mol. The Balaban J connectivity index is 2.05. The summed E-state index contributed by atoms with van der Waals surface area (Å²) in [4.78, 5) is 12.1. The fourth-order valence-corrected chi connectivity index (χ4v) is 2.53. The number of nitrogens with one attached hydrogen (secondary N) is 2. The molecule has 0 saturated heterocycles. The zero-order valence-electron chi connectivity index (χ0n) is 12.6. The van der Waals surface area contributed by atoms with Crippen LogP contribution in [0.2, 0.25) is 0 Å². The third kappa shape index (κ3) is 4.54. The Hall–Kier alpha value is -1.92. The van der Waals surface area contributed by atoms with Crippen LogP contribution in [0.15, 0.2) is 46.9 Å². The van der Waals surface area contributed by atoms with Gasteiger partial charge in [-0.25, -0.2) is 0 Å². The van der Waals surface area contributed by atoms with Gasteiger partial charge in [0.1, 0.15) is 12.2 Å². The molecular formula is C16H19BrN3O2+. The van der Waals surface area contributed by atoms with E-state index in [1.54, 1.807) is 12.1 Å². The van der Waals surface area contributed by atoms with E-state index in [4.69, 9.17) is 0 Å². The number of hydrogen-bond donors (Lipinski definition) is 2. The second-order valence-corrected chi connectivity index (χ2v) is 6.39. The van der Waals surface area contributed by atoms with Crippen molar-refractivity contribution in [2.75, 3.05) is 19.4 Å². The van der Waals surface area contributed by atoms with E-state index in [9.17, 15) is 10.1 Å². The minimum Gasteiger partial charge on any atom is -0.375 e. The molecule has 0 radical (unpaired) electrons. The van der Waals surface area contributed by atoms with Crippen molar-refractivity contribution in [1.82, 2.24) is 0 Å². The van der Waals surface area contributed by atoms with E-state index in [0.29, 0.717) is 16.7 Å². The van der Waals surface area contributed by atoms with Crippen molar-refractivity contribution in [3.63, 3.8) is 0 Å². The van der Waals surface area contributed by atoms with Crippen LogP contribution in [0.1, 0.15) is 11.1 Å². The van der Waals surface area contributed by atoms with Gasteiger partial charge in [-0.15, -0.1) is 0 Å². The highest BCUT2D eigenvalue weighted by molar-refractivity contribution is 9.10. The number of nitro groups is 1. The van der Waals surface area contributed by atoms with Crippen molar-refractivity contribution in [3.8, 4) is 0 Å². The fraction of sp³-hybridized carbons (Fsp3) is 0.250. The lowest BCUT2D eigenvalue weighted by atomic mass is 10.1. The molecule has 5 nitrogen and oxygen atoms in total. The van der Waals surface area contributed by atoms with E-state index in [2.05, 4.69) is 59.6 Å². The summed E-state index contributed by atoms with van der Waals surface area (Å²) in [6.07, 6.45) is 0. The molecule has 116 valence electrons. The Bertz CT molecular complexity index is 657. The van der Waals surface area contributed by atoms with E-state index in [1.165, 1.54) is 16.5 Å². The maximum atomic E-state index is 11.1. The molecule has 22 heavy (non-hydrogen) atoms. The van der Waals surface area contributed by atoms with Crippen LogP contribution in [0, 0.1) is 10.1 Å². The topological polar surface area (TPSA) is 59.6 Å². The molecule has 2 aromatic rings. The van der Waals surface area contributed by atoms with Crippen molar-refractivity contribution in [3.05, 3.63) is 68.2 Å². The molecule has 0 heterocycles. The van der Waals surface area contributed by atoms with Gasteiger partial charge in [-0.2, -0.15) is 0 Å². The number of nitrogens with zero attached hydrogens (tertiary/aromatic N) is 1. The number of rotatable bonds is 6. The molecule has 0 fully saturated rings. The lowest BCUT2D eigenvalue weighted by molar-refractivity contribution is -0.872. The van der Waals surface area contributed by atoms with E-state index in [0.717, 1.165) is 12.1 Å². The zero-order chi connectivity index (χ0) is 16.1. The first kappa shape index (κ1) is 16.5. The van der Waals surface area contributed by atoms with Crippen molar-refractivity contribution in [1.29, 1.82) is 0 Å². The molecule has 0 aliphatic heterocycles. The maximum Gasteiger partial charge on any atom is 0.293 e. The minimum absolute atomic E-state index is 0.0715. The van der Waals surface area contributed by atoms with Gasteiger partial charge in [0.2, 0.25) is 0 Å². The third-order valence-electron chi connectivity index (χ3n) is 3.22. The van der Waals surface area contributed by atoms with Crippen LogP contribution in [-0.4, -0.2) is 19.0 Å². The summed E-state index contributed by atoms with van der Waals surface area (Å²) < 4.78 is 0.695.